The van der Waals surface area contributed by atoms with Gasteiger partial charge in [-0.3, -0.25) is 4.79 Å². The molecule has 1 unspecified atom stereocenters. The van der Waals surface area contributed by atoms with Gasteiger partial charge < -0.3 is 10.6 Å². The Balaban J connectivity index is 1.74. The van der Waals surface area contributed by atoms with Crippen LogP contribution in [0.2, 0.25) is 0 Å². The van der Waals surface area contributed by atoms with Gasteiger partial charge in [0.25, 0.3) is 5.91 Å². The van der Waals surface area contributed by atoms with Crippen molar-refractivity contribution >= 4 is 21.8 Å². The van der Waals surface area contributed by atoms with Crippen molar-refractivity contribution in [1.29, 1.82) is 0 Å². The van der Waals surface area contributed by atoms with E-state index < -0.39 is 0 Å². The monoisotopic (exact) mass is 334 g/mol. The predicted octanol–water partition coefficient (Wildman–Crippen LogP) is 1.73. The molecule has 6 heteroatoms. The maximum absolute atomic E-state index is 12.1. The van der Waals surface area contributed by atoms with Crippen molar-refractivity contribution in [2.24, 2.45) is 0 Å². The number of hydrogen-bond acceptors (Lipinski definition) is 3. The summed E-state index contributed by atoms with van der Waals surface area (Å²) in [6.07, 6.45) is 4.32. The number of carbonyl (C=O) groups excluding carboxylic acids is 1. The minimum absolute atomic E-state index is 0.0695. The molecule has 1 aliphatic rings. The molecule has 2 N–H and O–H groups in total. The highest BCUT2D eigenvalue weighted by Gasteiger charge is 2.18. The van der Waals surface area contributed by atoms with Crippen LogP contribution < -0.4 is 10.6 Å². The number of nitrogens with one attached hydrogen (secondary N) is 2. The number of halogens is 1. The van der Waals surface area contributed by atoms with Crippen LogP contribution in [-0.4, -0.2) is 34.8 Å². The summed E-state index contributed by atoms with van der Waals surface area (Å²) in [4.78, 5) is 12.1. The van der Waals surface area contributed by atoms with Crippen LogP contribution in [-0.2, 0) is 0 Å². The van der Waals surface area contributed by atoms with E-state index in [9.17, 15) is 4.79 Å². The Morgan fingerprint density at radius 1 is 1.50 bits per heavy atom. The second-order valence-corrected chi connectivity index (χ2v) is 5.73. The van der Waals surface area contributed by atoms with Crippen molar-refractivity contribution in [3.63, 3.8) is 0 Å². The van der Waals surface area contributed by atoms with Gasteiger partial charge in [-0.05, 0) is 31.2 Å². The molecular formula is C14H15BrN4O. The number of hydrogen-bond donors (Lipinski definition) is 2. The zero-order valence-corrected chi connectivity index (χ0v) is 12.4. The first kappa shape index (κ1) is 13.3. The Kier molecular flexibility index (Phi) is 3.84. The third kappa shape index (κ3) is 2.91. The molecule has 1 aromatic carbocycles. The van der Waals surface area contributed by atoms with E-state index in [0.717, 1.165) is 29.7 Å². The fourth-order valence-electron chi connectivity index (χ4n) is 2.25. The van der Waals surface area contributed by atoms with Gasteiger partial charge >= 0.3 is 0 Å². The summed E-state index contributed by atoms with van der Waals surface area (Å²) in [6.45, 7) is 1.80. The minimum Gasteiger partial charge on any atom is -0.348 e. The van der Waals surface area contributed by atoms with E-state index in [1.54, 1.807) is 17.1 Å². The Morgan fingerprint density at radius 3 is 3.15 bits per heavy atom. The molecule has 3 rings (SSSR count). The lowest BCUT2D eigenvalue weighted by Crippen LogP contribution is -2.36. The first-order valence-corrected chi connectivity index (χ1v) is 7.34. The predicted molar refractivity (Wildman–Crippen MR) is 80.0 cm³/mol. The van der Waals surface area contributed by atoms with Crippen molar-refractivity contribution in [1.82, 2.24) is 20.4 Å². The molecule has 1 fully saturated rings. The van der Waals surface area contributed by atoms with Crippen LogP contribution >= 0.6 is 15.9 Å². The summed E-state index contributed by atoms with van der Waals surface area (Å²) in [5.74, 6) is -0.0695. The van der Waals surface area contributed by atoms with Gasteiger partial charge in [0.05, 0.1) is 17.4 Å². The molecule has 2 aromatic rings. The van der Waals surface area contributed by atoms with E-state index in [0.29, 0.717) is 5.56 Å². The molecule has 1 amide bonds. The van der Waals surface area contributed by atoms with Crippen LogP contribution in [0.5, 0.6) is 0 Å². The lowest BCUT2D eigenvalue weighted by molar-refractivity contribution is 0.0940. The fourth-order valence-corrected chi connectivity index (χ4v) is 2.63. The zero-order chi connectivity index (χ0) is 13.9. The van der Waals surface area contributed by atoms with Gasteiger partial charge in [0.15, 0.2) is 0 Å². The van der Waals surface area contributed by atoms with Crippen LogP contribution in [0.1, 0.15) is 16.8 Å². The fraction of sp³-hybridized carbons (Fsp3) is 0.286. The zero-order valence-electron chi connectivity index (χ0n) is 10.8. The average molecular weight is 335 g/mol. The third-order valence-corrected chi connectivity index (χ3v) is 3.81. The van der Waals surface area contributed by atoms with Crippen molar-refractivity contribution < 1.29 is 4.79 Å². The van der Waals surface area contributed by atoms with E-state index in [1.807, 2.05) is 24.3 Å². The quantitative estimate of drug-likeness (QED) is 0.898. The molecule has 1 aromatic heterocycles. The van der Waals surface area contributed by atoms with Crippen LogP contribution in [0.3, 0.4) is 0 Å². The van der Waals surface area contributed by atoms with Crippen molar-refractivity contribution in [2.45, 2.75) is 12.5 Å². The molecule has 104 valence electrons. The molecule has 20 heavy (non-hydrogen) atoms. The lowest BCUT2D eigenvalue weighted by Gasteiger charge is -2.09. The van der Waals surface area contributed by atoms with Crippen molar-refractivity contribution in [3.05, 3.63) is 46.7 Å². The second kappa shape index (κ2) is 5.76. The molecule has 0 saturated carbocycles. The topological polar surface area (TPSA) is 59.0 Å². The maximum atomic E-state index is 12.1. The van der Waals surface area contributed by atoms with Crippen LogP contribution in [0, 0.1) is 0 Å². The van der Waals surface area contributed by atoms with Crippen LogP contribution in [0.4, 0.5) is 0 Å². The van der Waals surface area contributed by atoms with Crippen molar-refractivity contribution in [3.8, 4) is 5.69 Å². The van der Waals surface area contributed by atoms with E-state index in [1.165, 1.54) is 0 Å². The van der Waals surface area contributed by atoms with Gasteiger partial charge in [-0.1, -0.05) is 22.0 Å². The summed E-state index contributed by atoms with van der Waals surface area (Å²) in [6, 6.07) is 8.01. The van der Waals surface area contributed by atoms with Crippen LogP contribution in [0.25, 0.3) is 5.69 Å². The number of carbonyl (C=O) groups is 1. The van der Waals surface area contributed by atoms with Gasteiger partial charge in [0.2, 0.25) is 0 Å². The number of nitrogens with zero attached hydrogens (tertiary/aromatic N) is 2. The highest BCUT2D eigenvalue weighted by molar-refractivity contribution is 9.10. The molecular weight excluding hydrogens is 320 g/mol. The highest BCUT2D eigenvalue weighted by atomic mass is 79.9. The van der Waals surface area contributed by atoms with Gasteiger partial charge in [-0.15, -0.1) is 0 Å². The number of benzene rings is 1. The summed E-state index contributed by atoms with van der Waals surface area (Å²) in [5.41, 5.74) is 1.50. The average Bonchev–Trinajstić information content (AvgIpc) is 3.09. The Hall–Kier alpha value is -1.66. The number of amides is 1. The number of rotatable bonds is 3. The first-order valence-electron chi connectivity index (χ1n) is 6.54. The van der Waals surface area contributed by atoms with Crippen molar-refractivity contribution in [2.75, 3.05) is 13.1 Å². The van der Waals surface area contributed by atoms with Gasteiger partial charge in [-0.2, -0.15) is 5.10 Å². The summed E-state index contributed by atoms with van der Waals surface area (Å²) in [7, 11) is 0. The molecule has 1 aliphatic heterocycles. The molecule has 1 saturated heterocycles. The van der Waals surface area contributed by atoms with Gasteiger partial charge in [-0.25, -0.2) is 4.68 Å². The SMILES string of the molecule is O=C(NC1CCNC1)c1cnn(-c2cccc(Br)c2)c1. The van der Waals surface area contributed by atoms with E-state index in [4.69, 9.17) is 0 Å². The molecule has 1 atom stereocenters. The largest absolute Gasteiger partial charge is 0.348 e. The summed E-state index contributed by atoms with van der Waals surface area (Å²) < 4.78 is 2.68. The van der Waals surface area contributed by atoms with E-state index >= 15 is 0 Å². The third-order valence-electron chi connectivity index (χ3n) is 3.31. The minimum atomic E-state index is -0.0695. The smallest absolute Gasteiger partial charge is 0.254 e. The van der Waals surface area contributed by atoms with Crippen LogP contribution in [0.15, 0.2) is 41.1 Å². The highest BCUT2D eigenvalue weighted by Crippen LogP contribution is 2.15. The summed E-state index contributed by atoms with van der Waals surface area (Å²) >= 11 is 3.43. The van der Waals surface area contributed by atoms with Gasteiger partial charge in [0, 0.05) is 23.3 Å². The molecule has 0 radical (unpaired) electrons. The van der Waals surface area contributed by atoms with E-state index in [-0.39, 0.29) is 11.9 Å². The Morgan fingerprint density at radius 2 is 2.40 bits per heavy atom. The Bertz CT molecular complexity index is 619. The molecule has 2 heterocycles. The normalized spacial score (nSPS) is 18.1. The second-order valence-electron chi connectivity index (χ2n) is 4.82. The lowest BCUT2D eigenvalue weighted by atomic mass is 10.2. The number of aromatic nitrogens is 2. The summed E-state index contributed by atoms with van der Waals surface area (Å²) in [5, 5.41) is 10.5. The van der Waals surface area contributed by atoms with Gasteiger partial charge in [0.1, 0.15) is 0 Å². The molecule has 0 aliphatic carbocycles. The molecule has 0 spiro atoms. The first-order chi connectivity index (χ1) is 9.72. The maximum Gasteiger partial charge on any atom is 0.254 e. The standard InChI is InChI=1S/C14H15BrN4O/c15-11-2-1-3-13(6-11)19-9-10(7-17-19)14(20)18-12-4-5-16-8-12/h1-3,6-7,9,12,16H,4-5,8H2,(H,18,20). The van der Waals surface area contributed by atoms with E-state index in [2.05, 4.69) is 31.7 Å². The Labute approximate surface area is 125 Å². The molecule has 0 bridgehead atoms. The molecule has 5 nitrogen and oxygen atoms in total.